The number of hydrogen-bond donors (Lipinski definition) is 1. The van der Waals surface area contributed by atoms with Crippen molar-refractivity contribution in [3.8, 4) is 0 Å². The van der Waals surface area contributed by atoms with Gasteiger partial charge in [-0.1, -0.05) is 29.5 Å². The maximum Gasteiger partial charge on any atom is 0.278 e. The van der Waals surface area contributed by atoms with Gasteiger partial charge in [0.25, 0.3) is 5.56 Å². The molecule has 3 aromatic rings. The van der Waals surface area contributed by atoms with E-state index in [-0.39, 0.29) is 5.69 Å². The highest BCUT2D eigenvalue weighted by Gasteiger charge is 2.20. The molecule has 0 aliphatic heterocycles. The summed E-state index contributed by atoms with van der Waals surface area (Å²) in [6.07, 6.45) is 0. The summed E-state index contributed by atoms with van der Waals surface area (Å²) in [5.74, 6) is -1.10. The number of amides is 1. The molecule has 3 rings (SSSR count). The summed E-state index contributed by atoms with van der Waals surface area (Å²) < 4.78 is 14.6. The minimum Gasteiger partial charge on any atom is -0.322 e. The molecule has 6 nitrogen and oxygen atoms in total. The Kier molecular flexibility index (Phi) is 3.84. The Bertz CT molecular complexity index is 939. The van der Waals surface area contributed by atoms with Crippen LogP contribution in [0.2, 0.25) is 0 Å². The second-order valence-corrected chi connectivity index (χ2v) is 5.00. The summed E-state index contributed by atoms with van der Waals surface area (Å²) >= 11 is 0. The predicted molar refractivity (Wildman–Crippen MR) is 83.5 cm³/mol. The first-order chi connectivity index (χ1) is 11.1. The fourth-order valence-electron chi connectivity index (χ4n) is 2.17. The number of carbonyl (C=O) groups excluding carboxylic acids is 1. The van der Waals surface area contributed by atoms with Crippen LogP contribution < -0.4 is 10.9 Å². The fraction of sp³-hybridized carbons (Fsp3) is 0.125. The van der Waals surface area contributed by atoms with Crippen LogP contribution in [0.25, 0.3) is 10.9 Å². The van der Waals surface area contributed by atoms with Crippen LogP contribution in [0.1, 0.15) is 13.0 Å². The fourth-order valence-corrected chi connectivity index (χ4v) is 2.17. The Labute approximate surface area is 130 Å². The second-order valence-electron chi connectivity index (χ2n) is 5.00. The molecule has 0 saturated heterocycles. The van der Waals surface area contributed by atoms with Crippen molar-refractivity contribution in [1.82, 2.24) is 15.0 Å². The largest absolute Gasteiger partial charge is 0.322 e. The van der Waals surface area contributed by atoms with Crippen LogP contribution in [-0.4, -0.2) is 20.9 Å². The molecule has 1 amide bonds. The second kappa shape index (κ2) is 5.96. The smallest absolute Gasteiger partial charge is 0.278 e. The van der Waals surface area contributed by atoms with Gasteiger partial charge in [-0.05, 0) is 31.2 Å². The minimum absolute atomic E-state index is 0.0474. The number of aromatic nitrogens is 3. The van der Waals surface area contributed by atoms with Gasteiger partial charge in [-0.2, -0.15) is 4.68 Å². The molecule has 0 saturated carbocycles. The number of anilines is 1. The number of para-hydroxylation sites is 1. The molecule has 0 bridgehead atoms. The third kappa shape index (κ3) is 2.80. The van der Waals surface area contributed by atoms with E-state index in [1.165, 1.54) is 25.1 Å². The topological polar surface area (TPSA) is 76.9 Å². The average Bonchev–Trinajstić information content (AvgIpc) is 2.57. The van der Waals surface area contributed by atoms with Crippen LogP contribution in [-0.2, 0) is 4.79 Å². The van der Waals surface area contributed by atoms with Crippen molar-refractivity contribution in [2.75, 3.05) is 5.32 Å². The molecular weight excluding hydrogens is 299 g/mol. The van der Waals surface area contributed by atoms with Crippen molar-refractivity contribution < 1.29 is 9.18 Å². The Morgan fingerprint density at radius 3 is 2.65 bits per heavy atom. The maximum atomic E-state index is 13.6. The van der Waals surface area contributed by atoms with Crippen molar-refractivity contribution in [2.24, 2.45) is 0 Å². The number of halogens is 1. The first-order valence-corrected chi connectivity index (χ1v) is 6.97. The van der Waals surface area contributed by atoms with Gasteiger partial charge in [-0.15, -0.1) is 5.10 Å². The van der Waals surface area contributed by atoms with Crippen molar-refractivity contribution in [2.45, 2.75) is 13.0 Å². The maximum absolute atomic E-state index is 13.6. The zero-order valence-corrected chi connectivity index (χ0v) is 12.2. The van der Waals surface area contributed by atoms with E-state index in [0.29, 0.717) is 10.9 Å². The summed E-state index contributed by atoms with van der Waals surface area (Å²) in [4.78, 5) is 24.6. The molecule has 0 aliphatic carbocycles. The summed E-state index contributed by atoms with van der Waals surface area (Å²) in [5, 5.41) is 10.5. The molecule has 0 spiro atoms. The quantitative estimate of drug-likeness (QED) is 0.804. The van der Waals surface area contributed by atoms with Crippen molar-refractivity contribution in [3.63, 3.8) is 0 Å². The van der Waals surface area contributed by atoms with Crippen LogP contribution in [0.15, 0.2) is 53.3 Å². The van der Waals surface area contributed by atoms with Crippen molar-refractivity contribution in [1.29, 1.82) is 0 Å². The third-order valence-electron chi connectivity index (χ3n) is 3.47. The van der Waals surface area contributed by atoms with E-state index in [9.17, 15) is 14.0 Å². The molecule has 0 aliphatic rings. The normalized spacial score (nSPS) is 12.1. The molecular formula is C16H13FN4O2. The number of rotatable bonds is 3. The SMILES string of the molecule is C[C@@H](C(=O)Nc1ccccc1F)n1nnc2ccccc2c1=O. The Balaban J connectivity index is 1.92. The van der Waals surface area contributed by atoms with Crippen molar-refractivity contribution >= 4 is 22.5 Å². The van der Waals surface area contributed by atoms with Gasteiger partial charge in [-0.25, -0.2) is 4.39 Å². The Morgan fingerprint density at radius 1 is 1.17 bits per heavy atom. The van der Waals surface area contributed by atoms with Gasteiger partial charge in [-0.3, -0.25) is 9.59 Å². The summed E-state index contributed by atoms with van der Waals surface area (Å²) in [7, 11) is 0. The van der Waals surface area contributed by atoms with Crippen LogP contribution in [0.5, 0.6) is 0 Å². The zero-order valence-electron chi connectivity index (χ0n) is 12.2. The van der Waals surface area contributed by atoms with E-state index >= 15 is 0 Å². The molecule has 1 atom stereocenters. The van der Waals surface area contributed by atoms with Crippen LogP contribution >= 0.6 is 0 Å². The Morgan fingerprint density at radius 2 is 1.87 bits per heavy atom. The van der Waals surface area contributed by atoms with E-state index in [4.69, 9.17) is 0 Å². The number of nitrogens with zero attached hydrogens (tertiary/aromatic N) is 3. The molecule has 116 valence electrons. The molecule has 23 heavy (non-hydrogen) atoms. The average molecular weight is 312 g/mol. The molecule has 0 unspecified atom stereocenters. The monoisotopic (exact) mass is 312 g/mol. The standard InChI is InChI=1S/C16H13FN4O2/c1-10(15(22)18-14-9-5-3-7-12(14)17)21-16(23)11-6-2-4-8-13(11)19-20-21/h2-10H,1H3,(H,18,22)/t10-/m0/s1. The van der Waals surface area contributed by atoms with Gasteiger partial charge in [0, 0.05) is 0 Å². The lowest BCUT2D eigenvalue weighted by atomic mass is 10.2. The summed E-state index contributed by atoms with van der Waals surface area (Å²) in [6, 6.07) is 11.6. The third-order valence-corrected chi connectivity index (χ3v) is 3.47. The zero-order chi connectivity index (χ0) is 16.4. The highest BCUT2D eigenvalue weighted by atomic mass is 19.1. The van der Waals surface area contributed by atoms with E-state index in [0.717, 1.165) is 4.68 Å². The number of carbonyl (C=O) groups is 1. The van der Waals surface area contributed by atoms with Gasteiger partial charge < -0.3 is 5.32 Å². The number of benzene rings is 2. The molecule has 1 aromatic heterocycles. The molecule has 1 heterocycles. The summed E-state index contributed by atoms with van der Waals surface area (Å²) in [6.45, 7) is 1.50. The molecule has 1 N–H and O–H groups in total. The van der Waals surface area contributed by atoms with Gasteiger partial charge in [0.15, 0.2) is 0 Å². The van der Waals surface area contributed by atoms with Gasteiger partial charge in [0.05, 0.1) is 11.1 Å². The minimum atomic E-state index is -0.931. The number of fused-ring (bicyclic) bond motifs is 1. The van der Waals surface area contributed by atoms with E-state index in [1.807, 2.05) is 0 Å². The molecule has 7 heteroatoms. The molecule has 2 aromatic carbocycles. The van der Waals surface area contributed by atoms with Crippen molar-refractivity contribution in [3.05, 3.63) is 64.7 Å². The van der Waals surface area contributed by atoms with Crippen LogP contribution in [0, 0.1) is 5.82 Å². The first kappa shape index (κ1) is 14.8. The Hall–Kier alpha value is -3.09. The van der Waals surface area contributed by atoms with Crippen LogP contribution in [0.3, 0.4) is 0 Å². The van der Waals surface area contributed by atoms with E-state index in [2.05, 4.69) is 15.6 Å². The van der Waals surface area contributed by atoms with Gasteiger partial charge >= 0.3 is 0 Å². The first-order valence-electron chi connectivity index (χ1n) is 6.97. The lowest BCUT2D eigenvalue weighted by Crippen LogP contribution is -2.34. The molecule has 0 radical (unpaired) electrons. The number of nitrogens with one attached hydrogen (secondary N) is 1. The lowest BCUT2D eigenvalue weighted by Gasteiger charge is -2.14. The van der Waals surface area contributed by atoms with E-state index in [1.54, 1.807) is 30.3 Å². The highest BCUT2D eigenvalue weighted by Crippen LogP contribution is 2.15. The number of hydrogen-bond acceptors (Lipinski definition) is 4. The van der Waals surface area contributed by atoms with Gasteiger partial charge in [0.2, 0.25) is 5.91 Å². The lowest BCUT2D eigenvalue weighted by molar-refractivity contribution is -0.119. The van der Waals surface area contributed by atoms with Crippen LogP contribution in [0.4, 0.5) is 10.1 Å². The van der Waals surface area contributed by atoms with E-state index < -0.39 is 23.3 Å². The van der Waals surface area contributed by atoms with Gasteiger partial charge in [0.1, 0.15) is 17.4 Å². The predicted octanol–water partition coefficient (Wildman–Crippen LogP) is 2.13. The molecule has 0 fully saturated rings. The highest BCUT2D eigenvalue weighted by molar-refractivity contribution is 5.93. The summed E-state index contributed by atoms with van der Waals surface area (Å²) in [5.41, 5.74) is 0.0772.